The number of piperidine rings is 1. The summed E-state index contributed by atoms with van der Waals surface area (Å²) in [5.74, 6) is -0.535. The maximum Gasteiger partial charge on any atom is 0.271 e. The van der Waals surface area contributed by atoms with Crippen LogP contribution in [0.25, 0.3) is 16.6 Å². The summed E-state index contributed by atoms with van der Waals surface area (Å²) in [6.07, 6.45) is 5.04. The second-order valence-electron chi connectivity index (χ2n) is 11.9. The van der Waals surface area contributed by atoms with Crippen LogP contribution in [-0.4, -0.2) is 66.1 Å². The maximum absolute atomic E-state index is 15.4. The van der Waals surface area contributed by atoms with Crippen LogP contribution in [0.1, 0.15) is 28.8 Å². The molecule has 0 bridgehead atoms. The third kappa shape index (κ3) is 6.72. The Morgan fingerprint density at radius 2 is 1.82 bits per heavy atom. The van der Waals surface area contributed by atoms with Gasteiger partial charge >= 0.3 is 0 Å². The number of ether oxygens (including phenoxy) is 4. The van der Waals surface area contributed by atoms with Gasteiger partial charge in [0.15, 0.2) is 23.1 Å². The van der Waals surface area contributed by atoms with Crippen molar-refractivity contribution in [2.75, 3.05) is 45.3 Å². The van der Waals surface area contributed by atoms with Crippen molar-refractivity contribution in [2.45, 2.75) is 19.3 Å². The second kappa shape index (κ2) is 14.0. The van der Waals surface area contributed by atoms with E-state index >= 15 is 4.39 Å². The van der Waals surface area contributed by atoms with Crippen LogP contribution in [0.15, 0.2) is 77.9 Å². The number of likely N-dealkylation sites (tertiary alicyclic amines) is 1. The number of pyridine rings is 2. The molecular weight excluding hydrogens is 650 g/mol. The molecule has 2 aliphatic rings. The van der Waals surface area contributed by atoms with Crippen LogP contribution < -0.4 is 29.8 Å². The molecule has 3 aromatic carbocycles. The van der Waals surface area contributed by atoms with E-state index in [1.165, 1.54) is 54.3 Å². The molecule has 0 aliphatic carbocycles. The fourth-order valence-electron chi connectivity index (χ4n) is 6.10. The fourth-order valence-corrected chi connectivity index (χ4v) is 6.10. The van der Waals surface area contributed by atoms with Crippen molar-refractivity contribution in [1.29, 1.82) is 0 Å². The number of ketones is 1. The average molecular weight is 683 g/mol. The first-order valence-corrected chi connectivity index (χ1v) is 16.1. The van der Waals surface area contributed by atoms with Crippen LogP contribution in [0.4, 0.5) is 14.5 Å². The summed E-state index contributed by atoms with van der Waals surface area (Å²) in [5, 5.41) is 3.14. The lowest BCUT2D eigenvalue weighted by atomic mass is 10.1. The first kappa shape index (κ1) is 32.7. The van der Waals surface area contributed by atoms with Crippen molar-refractivity contribution >= 4 is 28.3 Å². The highest BCUT2D eigenvalue weighted by atomic mass is 19.1. The number of carbonyl (C=O) groups excluding carboxylic acids is 2. The average Bonchev–Trinajstić information content (AvgIpc) is 3.57. The summed E-state index contributed by atoms with van der Waals surface area (Å²) in [6, 6.07) is 14.2. The molecule has 256 valence electrons. The Balaban J connectivity index is 1.09. The van der Waals surface area contributed by atoms with Crippen LogP contribution in [0.2, 0.25) is 0 Å². The van der Waals surface area contributed by atoms with Gasteiger partial charge in [-0.05, 0) is 61.5 Å². The molecule has 11 nitrogen and oxygen atoms in total. The van der Waals surface area contributed by atoms with Crippen LogP contribution in [0.5, 0.6) is 28.7 Å². The lowest BCUT2D eigenvalue weighted by Gasteiger charge is -2.25. The molecule has 0 unspecified atom stereocenters. The van der Waals surface area contributed by atoms with Crippen LogP contribution in [0.3, 0.4) is 0 Å². The number of amides is 1. The summed E-state index contributed by atoms with van der Waals surface area (Å²) in [5.41, 5.74) is 0.725. The minimum absolute atomic E-state index is 0.0835. The largest absolute Gasteiger partial charge is 0.493 e. The highest BCUT2D eigenvalue weighted by Gasteiger charge is 2.27. The Kier molecular flexibility index (Phi) is 9.13. The molecule has 0 spiro atoms. The summed E-state index contributed by atoms with van der Waals surface area (Å²) in [7, 11) is 1.51. The lowest BCUT2D eigenvalue weighted by molar-refractivity contribution is -0.122. The van der Waals surface area contributed by atoms with Gasteiger partial charge in [0, 0.05) is 66.2 Å². The molecule has 4 heterocycles. The number of anilines is 1. The van der Waals surface area contributed by atoms with Crippen molar-refractivity contribution in [3.8, 4) is 34.4 Å². The van der Waals surface area contributed by atoms with E-state index < -0.39 is 23.1 Å². The van der Waals surface area contributed by atoms with Crippen molar-refractivity contribution in [3.05, 3.63) is 106 Å². The predicted octanol–water partition coefficient (Wildman–Crippen LogP) is 5.70. The summed E-state index contributed by atoms with van der Waals surface area (Å²) < 4.78 is 53.4. The molecule has 0 atom stereocenters. The van der Waals surface area contributed by atoms with E-state index in [2.05, 4.69) is 15.2 Å². The molecule has 13 heteroatoms. The predicted molar refractivity (Wildman–Crippen MR) is 180 cm³/mol. The highest BCUT2D eigenvalue weighted by Crippen LogP contribution is 2.38. The van der Waals surface area contributed by atoms with E-state index in [1.807, 2.05) is 0 Å². The topological polar surface area (TPSA) is 121 Å². The molecule has 0 radical (unpaired) electrons. The SMILES string of the molecule is COc1cc2c(Oc3ccc(NC(=O)c4c5c(cn(-c6ccc(F)cc6)c4=O)CCO5)cc3F)ccnc2cc1OCCN1CCCC(=O)C1. The van der Waals surface area contributed by atoms with Crippen LogP contribution in [-0.2, 0) is 11.2 Å². The van der Waals surface area contributed by atoms with Gasteiger partial charge in [-0.1, -0.05) is 0 Å². The van der Waals surface area contributed by atoms with Crippen molar-refractivity contribution in [3.63, 3.8) is 0 Å². The normalized spacial score (nSPS) is 14.3. The number of rotatable bonds is 10. The van der Waals surface area contributed by atoms with Crippen LogP contribution >= 0.6 is 0 Å². The van der Waals surface area contributed by atoms with Gasteiger partial charge in [-0.2, -0.15) is 0 Å². The van der Waals surface area contributed by atoms with Crippen LogP contribution in [0, 0.1) is 11.6 Å². The van der Waals surface area contributed by atoms with E-state index in [-0.39, 0.29) is 35.1 Å². The molecule has 7 rings (SSSR count). The number of hydrogen-bond donors (Lipinski definition) is 1. The van der Waals surface area contributed by atoms with Crippen molar-refractivity contribution in [1.82, 2.24) is 14.5 Å². The number of hydrogen-bond acceptors (Lipinski definition) is 9. The van der Waals surface area contributed by atoms with Crippen molar-refractivity contribution < 1.29 is 37.3 Å². The number of fused-ring (bicyclic) bond motifs is 2. The third-order valence-corrected chi connectivity index (χ3v) is 8.58. The minimum Gasteiger partial charge on any atom is -0.493 e. The minimum atomic E-state index is -0.785. The zero-order valence-corrected chi connectivity index (χ0v) is 27.0. The molecule has 0 saturated carbocycles. The quantitative estimate of drug-likeness (QED) is 0.198. The van der Waals surface area contributed by atoms with Gasteiger partial charge in [0.2, 0.25) is 0 Å². The number of halogens is 2. The van der Waals surface area contributed by atoms with Gasteiger partial charge in [0.1, 0.15) is 35.3 Å². The number of nitrogens with one attached hydrogen (secondary N) is 1. The monoisotopic (exact) mass is 682 g/mol. The van der Waals surface area contributed by atoms with E-state index in [1.54, 1.807) is 24.4 Å². The first-order chi connectivity index (χ1) is 24.3. The van der Waals surface area contributed by atoms with Gasteiger partial charge in [0.25, 0.3) is 11.5 Å². The Labute approximate surface area is 285 Å². The molecule has 2 aromatic heterocycles. The Hall–Kier alpha value is -5.82. The molecule has 1 saturated heterocycles. The standard InChI is InChI=1S/C37H32F2N4O7/c1-47-32-18-27-29(19-33(32)48-16-14-42-13-2-3-26(44)21-42)40-12-10-30(27)50-31-9-6-24(17-28(31)39)41-36(45)34-35-22(11-15-49-35)20-43(37(34)46)25-7-4-23(38)5-8-25/h4-10,12,17-20H,2-3,11,13-16,21H2,1H3,(H,41,45). The third-order valence-electron chi connectivity index (χ3n) is 8.58. The number of aromatic nitrogens is 2. The van der Waals surface area contributed by atoms with E-state index in [0.717, 1.165) is 19.0 Å². The molecule has 1 N–H and O–H groups in total. The summed E-state index contributed by atoms with van der Waals surface area (Å²) >= 11 is 0. The summed E-state index contributed by atoms with van der Waals surface area (Å²) in [6.45, 7) is 2.50. The van der Waals surface area contributed by atoms with Gasteiger partial charge in [-0.25, -0.2) is 8.78 Å². The zero-order valence-electron chi connectivity index (χ0n) is 27.0. The number of carbonyl (C=O) groups is 2. The van der Waals surface area contributed by atoms with Crippen molar-refractivity contribution in [2.24, 2.45) is 0 Å². The molecule has 1 amide bonds. The number of nitrogens with zero attached hydrogens (tertiary/aromatic N) is 3. The van der Waals surface area contributed by atoms with Gasteiger partial charge < -0.3 is 24.3 Å². The molecular formula is C37H32F2N4O7. The van der Waals surface area contributed by atoms with E-state index in [0.29, 0.717) is 71.9 Å². The van der Waals surface area contributed by atoms with Gasteiger partial charge in [0.05, 0.1) is 25.8 Å². The molecule has 5 aromatic rings. The van der Waals surface area contributed by atoms with E-state index in [9.17, 15) is 18.8 Å². The lowest BCUT2D eigenvalue weighted by Crippen LogP contribution is -2.38. The maximum atomic E-state index is 15.4. The zero-order chi connectivity index (χ0) is 34.8. The smallest absolute Gasteiger partial charge is 0.271 e. The highest BCUT2D eigenvalue weighted by molar-refractivity contribution is 6.06. The van der Waals surface area contributed by atoms with Gasteiger partial charge in [-0.15, -0.1) is 0 Å². The molecule has 50 heavy (non-hydrogen) atoms. The summed E-state index contributed by atoms with van der Waals surface area (Å²) in [4.78, 5) is 45.2. The first-order valence-electron chi connectivity index (χ1n) is 16.1. The molecule has 1 fully saturated rings. The Morgan fingerprint density at radius 1 is 0.980 bits per heavy atom. The van der Waals surface area contributed by atoms with Gasteiger partial charge in [-0.3, -0.25) is 28.8 Å². The number of benzene rings is 3. The number of Topliss-reactive ketones (excluding diaryl/α,β-unsaturated/α-hetero) is 1. The molecule has 2 aliphatic heterocycles. The van der Waals surface area contributed by atoms with E-state index in [4.69, 9.17) is 18.9 Å². The second-order valence-corrected chi connectivity index (χ2v) is 11.9. The number of methoxy groups -OCH3 is 1. The fraction of sp³-hybridized carbons (Fsp3) is 0.243. The Bertz CT molecular complexity index is 2170. The Morgan fingerprint density at radius 3 is 2.60 bits per heavy atom.